The van der Waals surface area contributed by atoms with Crippen LogP contribution in [0.3, 0.4) is 0 Å². The van der Waals surface area contributed by atoms with Crippen LogP contribution < -0.4 is 0 Å². The number of ether oxygens (including phenoxy) is 2. The highest BCUT2D eigenvalue weighted by molar-refractivity contribution is 6.21. The van der Waals surface area contributed by atoms with Crippen molar-refractivity contribution in [2.75, 3.05) is 19.8 Å². The Bertz CT molecular complexity index is 367. The quantitative estimate of drug-likeness (QED) is 0.749. The molecule has 0 aromatic heterocycles. The number of hydrogen-bond donors (Lipinski definition) is 0. The molecule has 88 valence electrons. The molecule has 2 atom stereocenters. The predicted molar refractivity (Wildman–Crippen MR) is 55.5 cm³/mol. The highest BCUT2D eigenvalue weighted by Gasteiger charge is 2.26. The molecule has 2 nitrogen and oxygen atoms in total. The van der Waals surface area contributed by atoms with Crippen molar-refractivity contribution in [1.29, 1.82) is 0 Å². The van der Waals surface area contributed by atoms with Gasteiger partial charge in [0.15, 0.2) is 0 Å². The summed E-state index contributed by atoms with van der Waals surface area (Å²) in [5.41, 5.74) is 0.235. The van der Waals surface area contributed by atoms with E-state index in [9.17, 15) is 8.78 Å². The molecule has 0 amide bonds. The molecular weight excluding hydrogens is 238 g/mol. The molecule has 0 radical (unpaired) electrons. The third-order valence-corrected chi connectivity index (χ3v) is 2.94. The molecule has 0 N–H and O–H groups in total. The van der Waals surface area contributed by atoms with Crippen LogP contribution in [0.4, 0.5) is 8.78 Å². The van der Waals surface area contributed by atoms with E-state index in [1.165, 1.54) is 12.1 Å². The monoisotopic (exact) mass is 248 g/mol. The Kier molecular flexibility index (Phi) is 3.74. The Labute approximate surface area is 97.1 Å². The predicted octanol–water partition coefficient (Wildman–Crippen LogP) is 2.66. The molecule has 2 unspecified atom stereocenters. The molecule has 1 aliphatic heterocycles. The molecular formula is C11H11ClF2O2. The third-order valence-electron chi connectivity index (χ3n) is 2.43. The first-order valence-corrected chi connectivity index (χ1v) is 5.40. The molecule has 1 fully saturated rings. The van der Waals surface area contributed by atoms with Crippen LogP contribution in [0.2, 0.25) is 0 Å². The average Bonchev–Trinajstić information content (AvgIpc) is 2.29. The van der Waals surface area contributed by atoms with Gasteiger partial charge >= 0.3 is 0 Å². The van der Waals surface area contributed by atoms with Crippen LogP contribution in [-0.2, 0) is 9.47 Å². The second-order valence-electron chi connectivity index (χ2n) is 3.55. The molecule has 1 saturated heterocycles. The first-order chi connectivity index (χ1) is 7.68. The number of alkyl halides is 1. The van der Waals surface area contributed by atoms with Gasteiger partial charge in [-0.15, -0.1) is 11.6 Å². The molecule has 1 aliphatic rings. The molecule has 5 heteroatoms. The van der Waals surface area contributed by atoms with Gasteiger partial charge in [0.1, 0.15) is 17.7 Å². The molecule has 0 spiro atoms. The maximum Gasteiger partial charge on any atom is 0.130 e. The van der Waals surface area contributed by atoms with E-state index in [1.807, 2.05) is 0 Å². The van der Waals surface area contributed by atoms with Crippen LogP contribution in [-0.4, -0.2) is 25.9 Å². The minimum atomic E-state index is -0.666. The summed E-state index contributed by atoms with van der Waals surface area (Å²) in [5.74, 6) is -1.28. The highest BCUT2D eigenvalue weighted by Crippen LogP contribution is 2.30. The fourth-order valence-electron chi connectivity index (χ4n) is 1.60. The van der Waals surface area contributed by atoms with Gasteiger partial charge in [-0.2, -0.15) is 0 Å². The van der Waals surface area contributed by atoms with E-state index in [0.717, 1.165) is 6.07 Å². The van der Waals surface area contributed by atoms with E-state index in [0.29, 0.717) is 19.8 Å². The van der Waals surface area contributed by atoms with E-state index in [1.54, 1.807) is 0 Å². The van der Waals surface area contributed by atoms with Crippen molar-refractivity contribution >= 4 is 11.6 Å². The van der Waals surface area contributed by atoms with Crippen LogP contribution in [0.1, 0.15) is 10.9 Å². The molecule has 1 aromatic carbocycles. The molecule has 0 aliphatic carbocycles. The average molecular weight is 249 g/mol. The van der Waals surface area contributed by atoms with E-state index in [4.69, 9.17) is 21.1 Å². The van der Waals surface area contributed by atoms with Gasteiger partial charge in [0.2, 0.25) is 0 Å². The van der Waals surface area contributed by atoms with E-state index < -0.39 is 23.1 Å². The first kappa shape index (κ1) is 11.8. The van der Waals surface area contributed by atoms with Crippen molar-refractivity contribution in [3.8, 4) is 0 Å². The molecule has 2 rings (SSSR count). The first-order valence-electron chi connectivity index (χ1n) is 4.97. The number of benzene rings is 1. The molecule has 16 heavy (non-hydrogen) atoms. The van der Waals surface area contributed by atoms with E-state index in [2.05, 4.69) is 0 Å². The lowest BCUT2D eigenvalue weighted by atomic mass is 10.1. The smallest absolute Gasteiger partial charge is 0.130 e. The van der Waals surface area contributed by atoms with Gasteiger partial charge in [0.25, 0.3) is 0 Å². The second-order valence-corrected chi connectivity index (χ2v) is 4.02. The Morgan fingerprint density at radius 2 is 2.12 bits per heavy atom. The zero-order valence-corrected chi connectivity index (χ0v) is 9.21. The zero-order valence-electron chi connectivity index (χ0n) is 8.46. The van der Waals surface area contributed by atoms with Gasteiger partial charge < -0.3 is 9.47 Å². The third kappa shape index (κ3) is 2.51. The van der Waals surface area contributed by atoms with Crippen LogP contribution in [0.15, 0.2) is 18.2 Å². The maximum absolute atomic E-state index is 13.4. The van der Waals surface area contributed by atoms with Crippen molar-refractivity contribution in [3.05, 3.63) is 35.4 Å². The normalized spacial score (nSPS) is 23.1. The number of rotatable bonds is 2. The van der Waals surface area contributed by atoms with Crippen molar-refractivity contribution < 1.29 is 18.3 Å². The lowest BCUT2D eigenvalue weighted by Crippen LogP contribution is -2.32. The number of hydrogen-bond acceptors (Lipinski definition) is 2. The van der Waals surface area contributed by atoms with Crippen LogP contribution in [0.25, 0.3) is 0 Å². The summed E-state index contributed by atoms with van der Waals surface area (Å²) >= 11 is 6.08. The van der Waals surface area contributed by atoms with Gasteiger partial charge in [-0.1, -0.05) is 6.07 Å². The second kappa shape index (κ2) is 5.08. The SMILES string of the molecule is Fc1ccc(C(Cl)C2COCCO2)c(F)c1. The summed E-state index contributed by atoms with van der Waals surface area (Å²) in [7, 11) is 0. The fourth-order valence-corrected chi connectivity index (χ4v) is 1.92. The highest BCUT2D eigenvalue weighted by atomic mass is 35.5. The summed E-state index contributed by atoms with van der Waals surface area (Å²) in [6, 6.07) is 3.33. The molecule has 0 bridgehead atoms. The van der Waals surface area contributed by atoms with Gasteiger partial charge in [-0.3, -0.25) is 0 Å². The summed E-state index contributed by atoms with van der Waals surface area (Å²) in [6.07, 6.45) is -0.393. The molecule has 0 saturated carbocycles. The van der Waals surface area contributed by atoms with Crippen LogP contribution in [0, 0.1) is 11.6 Å². The number of halogens is 3. The van der Waals surface area contributed by atoms with E-state index in [-0.39, 0.29) is 5.56 Å². The summed E-state index contributed by atoms with van der Waals surface area (Å²) < 4.78 is 36.7. The summed E-state index contributed by atoms with van der Waals surface area (Å²) in [5, 5.41) is -0.666. The lowest BCUT2D eigenvalue weighted by molar-refractivity contribution is -0.0894. The van der Waals surface area contributed by atoms with Gasteiger partial charge in [-0.05, 0) is 6.07 Å². The zero-order chi connectivity index (χ0) is 11.5. The summed E-state index contributed by atoms with van der Waals surface area (Å²) in [6.45, 7) is 1.29. The van der Waals surface area contributed by atoms with Crippen LogP contribution in [0.5, 0.6) is 0 Å². The lowest BCUT2D eigenvalue weighted by Gasteiger charge is -2.27. The van der Waals surface area contributed by atoms with Crippen molar-refractivity contribution in [2.45, 2.75) is 11.5 Å². The fraction of sp³-hybridized carbons (Fsp3) is 0.455. The standard InChI is InChI=1S/C11H11ClF2O2/c12-11(10-6-15-3-4-16-10)8-2-1-7(13)5-9(8)14/h1-2,5,10-11H,3-4,6H2. The minimum absolute atomic E-state index is 0.235. The largest absolute Gasteiger partial charge is 0.376 e. The Balaban J connectivity index is 2.15. The molecule has 1 aromatic rings. The van der Waals surface area contributed by atoms with E-state index >= 15 is 0 Å². The van der Waals surface area contributed by atoms with Gasteiger partial charge in [-0.25, -0.2) is 8.78 Å². The molecule has 1 heterocycles. The maximum atomic E-state index is 13.4. The topological polar surface area (TPSA) is 18.5 Å². The Hall–Kier alpha value is -0.710. The minimum Gasteiger partial charge on any atom is -0.376 e. The Morgan fingerprint density at radius 3 is 2.75 bits per heavy atom. The summed E-state index contributed by atoms with van der Waals surface area (Å²) in [4.78, 5) is 0. The van der Waals surface area contributed by atoms with Crippen LogP contribution >= 0.6 is 11.6 Å². The van der Waals surface area contributed by atoms with Gasteiger partial charge in [0.05, 0.1) is 25.2 Å². The Morgan fingerprint density at radius 1 is 1.31 bits per heavy atom. The van der Waals surface area contributed by atoms with Crippen molar-refractivity contribution in [3.63, 3.8) is 0 Å². The van der Waals surface area contributed by atoms with Crippen molar-refractivity contribution in [2.24, 2.45) is 0 Å². The van der Waals surface area contributed by atoms with Crippen molar-refractivity contribution in [1.82, 2.24) is 0 Å². The van der Waals surface area contributed by atoms with Gasteiger partial charge in [0, 0.05) is 11.6 Å².